The van der Waals surface area contributed by atoms with E-state index < -0.39 is 12.4 Å². The Labute approximate surface area is 93.6 Å². The predicted molar refractivity (Wildman–Crippen MR) is 56.0 cm³/mol. The Kier molecular flexibility index (Phi) is 3.54. The number of hydrogen-bond donors (Lipinski definition) is 0. The lowest BCUT2D eigenvalue weighted by atomic mass is 9.79. The fourth-order valence-corrected chi connectivity index (χ4v) is 1.62. The second kappa shape index (κ2) is 4.34. The molecule has 0 aliphatic rings. The van der Waals surface area contributed by atoms with E-state index >= 15 is 0 Å². The van der Waals surface area contributed by atoms with Crippen LogP contribution in [0.2, 0.25) is 0 Å². The van der Waals surface area contributed by atoms with Crippen molar-refractivity contribution in [3.8, 4) is 11.5 Å². The molecule has 0 aromatic heterocycles. The van der Waals surface area contributed by atoms with Gasteiger partial charge in [0, 0.05) is 0 Å². The fraction of sp³-hybridized carbons (Fsp3) is 0.250. The van der Waals surface area contributed by atoms with Gasteiger partial charge in [0.2, 0.25) is 0 Å². The van der Waals surface area contributed by atoms with Crippen LogP contribution in [0.25, 0.3) is 0 Å². The zero-order chi connectivity index (χ0) is 11.6. The topological polar surface area (TPSA) is 18.5 Å². The van der Waals surface area contributed by atoms with Crippen molar-refractivity contribution in [2.75, 3.05) is 14.2 Å². The highest BCUT2D eigenvalue weighted by atomic mass is 79.9. The first-order valence-corrected chi connectivity index (χ1v) is 4.80. The standard InChI is InChI=1S/C8H8BBrF3O2/c1-14-7-4-6(10)8(15-2)3-5(7)9(11,12)13/h3-4H,1-2H3/q-1. The van der Waals surface area contributed by atoms with E-state index in [1.165, 1.54) is 20.3 Å². The quantitative estimate of drug-likeness (QED) is 0.794. The van der Waals surface area contributed by atoms with E-state index in [4.69, 9.17) is 4.74 Å². The molecule has 0 saturated carbocycles. The third-order valence-electron chi connectivity index (χ3n) is 1.86. The monoisotopic (exact) mass is 283 g/mol. The highest BCUT2D eigenvalue weighted by Gasteiger charge is 2.30. The van der Waals surface area contributed by atoms with Crippen LogP contribution in [-0.4, -0.2) is 21.2 Å². The molecule has 0 saturated heterocycles. The summed E-state index contributed by atoms with van der Waals surface area (Å²) in [5, 5.41) is 0. The summed E-state index contributed by atoms with van der Waals surface area (Å²) < 4.78 is 47.7. The summed E-state index contributed by atoms with van der Waals surface area (Å²) in [6.07, 6.45) is 0. The molecule has 1 aromatic carbocycles. The van der Waals surface area contributed by atoms with Crippen molar-refractivity contribution < 1.29 is 22.4 Å². The molecular weight excluding hydrogens is 276 g/mol. The number of methoxy groups -OCH3 is 2. The van der Waals surface area contributed by atoms with Gasteiger partial charge in [-0.3, -0.25) is 0 Å². The highest BCUT2D eigenvalue weighted by Crippen LogP contribution is 2.30. The largest absolute Gasteiger partial charge is 0.513 e. The molecule has 84 valence electrons. The summed E-state index contributed by atoms with van der Waals surface area (Å²) in [6.45, 7) is -5.11. The fourth-order valence-electron chi connectivity index (χ4n) is 1.14. The normalized spacial score (nSPS) is 11.3. The van der Waals surface area contributed by atoms with Crippen LogP contribution in [-0.2, 0) is 0 Å². The number of hydrogen-bond acceptors (Lipinski definition) is 2. The van der Waals surface area contributed by atoms with E-state index in [0.29, 0.717) is 4.47 Å². The van der Waals surface area contributed by atoms with Crippen molar-refractivity contribution in [2.45, 2.75) is 0 Å². The molecule has 0 fully saturated rings. The average molecular weight is 284 g/mol. The molecule has 7 heteroatoms. The molecule has 0 unspecified atom stereocenters. The highest BCUT2D eigenvalue weighted by molar-refractivity contribution is 9.10. The van der Waals surface area contributed by atoms with Crippen LogP contribution in [0.4, 0.5) is 12.9 Å². The van der Waals surface area contributed by atoms with Gasteiger partial charge in [0.25, 0.3) is 0 Å². The summed E-state index contributed by atoms with van der Waals surface area (Å²) in [5.41, 5.74) is -0.794. The van der Waals surface area contributed by atoms with Crippen LogP contribution in [0, 0.1) is 0 Å². The van der Waals surface area contributed by atoms with E-state index in [-0.39, 0.29) is 11.5 Å². The molecule has 1 aromatic rings. The maximum Gasteiger partial charge on any atom is 0.513 e. The minimum atomic E-state index is -5.11. The second-order valence-electron chi connectivity index (χ2n) is 2.80. The smallest absolute Gasteiger partial charge is 0.500 e. The molecule has 0 bridgehead atoms. The van der Waals surface area contributed by atoms with Crippen LogP contribution in [0.5, 0.6) is 11.5 Å². The Morgan fingerprint density at radius 3 is 2.00 bits per heavy atom. The molecule has 0 radical (unpaired) electrons. The van der Waals surface area contributed by atoms with E-state index in [0.717, 1.165) is 6.07 Å². The summed E-state index contributed by atoms with van der Waals surface area (Å²) in [5.74, 6) is -0.0832. The first kappa shape index (κ1) is 12.2. The van der Waals surface area contributed by atoms with Crippen molar-refractivity contribution in [1.82, 2.24) is 0 Å². The molecule has 0 atom stereocenters. The molecule has 15 heavy (non-hydrogen) atoms. The van der Waals surface area contributed by atoms with Gasteiger partial charge < -0.3 is 22.4 Å². The van der Waals surface area contributed by atoms with E-state index in [1.807, 2.05) is 0 Å². The minimum Gasteiger partial charge on any atom is -0.500 e. The van der Waals surface area contributed by atoms with Gasteiger partial charge in [-0.25, -0.2) is 0 Å². The van der Waals surface area contributed by atoms with Gasteiger partial charge in [0.05, 0.1) is 24.4 Å². The zero-order valence-corrected chi connectivity index (χ0v) is 9.65. The van der Waals surface area contributed by atoms with Crippen molar-refractivity contribution >= 4 is 28.4 Å². The number of benzene rings is 1. The Hall–Kier alpha value is -0.845. The van der Waals surface area contributed by atoms with Gasteiger partial charge in [-0.1, -0.05) is 5.46 Å². The lowest BCUT2D eigenvalue weighted by Gasteiger charge is -2.20. The summed E-state index contributed by atoms with van der Waals surface area (Å²) in [6, 6.07) is 2.16. The van der Waals surface area contributed by atoms with Crippen LogP contribution in [0.15, 0.2) is 16.6 Å². The van der Waals surface area contributed by atoms with E-state index in [1.54, 1.807) is 0 Å². The first-order valence-electron chi connectivity index (χ1n) is 4.01. The molecule has 0 spiro atoms. The zero-order valence-electron chi connectivity index (χ0n) is 8.06. The van der Waals surface area contributed by atoms with Crippen LogP contribution >= 0.6 is 15.9 Å². The molecule has 0 aliphatic heterocycles. The number of rotatable bonds is 3. The SMILES string of the molecule is COc1cc([B-](F)(F)F)c(OC)cc1Br. The molecular formula is C8H8BBrF3O2-. The lowest BCUT2D eigenvalue weighted by molar-refractivity contribution is 0.399. The van der Waals surface area contributed by atoms with E-state index in [2.05, 4.69) is 20.7 Å². The summed E-state index contributed by atoms with van der Waals surface area (Å²) in [7, 11) is 2.50. The molecule has 2 nitrogen and oxygen atoms in total. The third kappa shape index (κ3) is 2.59. The van der Waals surface area contributed by atoms with Crippen molar-refractivity contribution in [3.05, 3.63) is 16.6 Å². The van der Waals surface area contributed by atoms with Gasteiger partial charge >= 0.3 is 6.98 Å². The molecule has 0 heterocycles. The Morgan fingerprint density at radius 2 is 1.60 bits per heavy atom. The summed E-state index contributed by atoms with van der Waals surface area (Å²) in [4.78, 5) is 0. The van der Waals surface area contributed by atoms with Gasteiger partial charge in [0.1, 0.15) is 5.75 Å². The predicted octanol–water partition coefficient (Wildman–Crippen LogP) is 2.52. The molecule has 0 aliphatic carbocycles. The van der Waals surface area contributed by atoms with Crippen molar-refractivity contribution in [3.63, 3.8) is 0 Å². The molecule has 0 N–H and O–H groups in total. The molecule has 1 rings (SSSR count). The summed E-state index contributed by atoms with van der Waals surface area (Å²) >= 11 is 3.08. The third-order valence-corrected chi connectivity index (χ3v) is 2.48. The van der Waals surface area contributed by atoms with Gasteiger partial charge in [0.15, 0.2) is 0 Å². The number of ether oxygens (including phenoxy) is 2. The average Bonchev–Trinajstić information content (AvgIpc) is 2.15. The molecule has 0 amide bonds. The first-order chi connectivity index (χ1) is 6.90. The number of halogens is 4. The maximum absolute atomic E-state index is 12.6. The maximum atomic E-state index is 12.6. The Bertz CT molecular complexity index is 368. The van der Waals surface area contributed by atoms with Crippen LogP contribution in [0.3, 0.4) is 0 Å². The van der Waals surface area contributed by atoms with Crippen molar-refractivity contribution in [2.24, 2.45) is 0 Å². The lowest BCUT2D eigenvalue weighted by Crippen LogP contribution is -2.35. The van der Waals surface area contributed by atoms with Gasteiger partial charge in [-0.05, 0) is 28.1 Å². The van der Waals surface area contributed by atoms with E-state index in [9.17, 15) is 12.9 Å². The van der Waals surface area contributed by atoms with Gasteiger partial charge in [-0.15, -0.1) is 0 Å². The van der Waals surface area contributed by atoms with Gasteiger partial charge in [-0.2, -0.15) is 0 Å². The van der Waals surface area contributed by atoms with Crippen molar-refractivity contribution in [1.29, 1.82) is 0 Å². The Balaban J connectivity index is 3.36. The second-order valence-corrected chi connectivity index (χ2v) is 3.66. The van der Waals surface area contributed by atoms with Crippen LogP contribution < -0.4 is 14.9 Å². The Morgan fingerprint density at radius 1 is 1.07 bits per heavy atom. The van der Waals surface area contributed by atoms with Crippen LogP contribution in [0.1, 0.15) is 0 Å². The minimum absolute atomic E-state index is 0.130.